The van der Waals surface area contributed by atoms with Gasteiger partial charge < -0.3 is 14.9 Å². The highest BCUT2D eigenvalue weighted by atomic mass is 79.9. The number of hydrogen-bond acceptors (Lipinski definition) is 3. The van der Waals surface area contributed by atoms with Crippen molar-refractivity contribution in [3.8, 4) is 11.5 Å². The van der Waals surface area contributed by atoms with Crippen LogP contribution in [0, 0.1) is 5.82 Å². The van der Waals surface area contributed by atoms with Crippen molar-refractivity contribution in [2.75, 3.05) is 7.11 Å². The minimum atomic E-state index is -1.18. The first kappa shape index (κ1) is 11.8. The lowest BCUT2D eigenvalue weighted by molar-refractivity contribution is -0.136. The molecule has 0 aliphatic carbocycles. The van der Waals surface area contributed by atoms with Gasteiger partial charge in [-0.1, -0.05) is 15.9 Å². The third kappa shape index (κ3) is 2.38. The van der Waals surface area contributed by atoms with Crippen molar-refractivity contribution in [1.82, 2.24) is 0 Å². The number of phenols is 1. The molecule has 6 heteroatoms. The molecule has 0 saturated carbocycles. The molecule has 1 aromatic rings. The molecule has 0 fully saturated rings. The molecular weight excluding hydrogens is 271 g/mol. The van der Waals surface area contributed by atoms with Crippen molar-refractivity contribution < 1.29 is 24.1 Å². The van der Waals surface area contributed by atoms with E-state index >= 15 is 0 Å². The first-order chi connectivity index (χ1) is 6.97. The molecule has 0 spiro atoms. The molecule has 0 aliphatic rings. The summed E-state index contributed by atoms with van der Waals surface area (Å²) in [5.41, 5.74) is -0.110. The molecule has 0 atom stereocenters. The Morgan fingerprint density at radius 2 is 2.27 bits per heavy atom. The number of hydrogen-bond donors (Lipinski definition) is 2. The quantitative estimate of drug-likeness (QED) is 0.887. The second kappa shape index (κ2) is 4.48. The third-order valence-electron chi connectivity index (χ3n) is 1.80. The van der Waals surface area contributed by atoms with Crippen LogP contribution >= 0.6 is 15.9 Å². The maximum atomic E-state index is 13.4. The van der Waals surface area contributed by atoms with Crippen molar-refractivity contribution in [2.45, 2.75) is 6.42 Å². The molecule has 82 valence electrons. The number of methoxy groups -OCH3 is 1. The van der Waals surface area contributed by atoms with Gasteiger partial charge in [0.25, 0.3) is 0 Å². The molecule has 4 nitrogen and oxygen atoms in total. The van der Waals surface area contributed by atoms with E-state index in [9.17, 15) is 14.3 Å². The van der Waals surface area contributed by atoms with Crippen LogP contribution in [0.15, 0.2) is 10.5 Å². The Morgan fingerprint density at radius 1 is 1.67 bits per heavy atom. The Bertz CT molecular complexity index is 406. The topological polar surface area (TPSA) is 66.8 Å². The number of phenolic OH excluding ortho intramolecular Hbond substituents is 1. The van der Waals surface area contributed by atoms with E-state index in [2.05, 4.69) is 15.9 Å². The molecule has 0 aromatic heterocycles. The molecule has 0 saturated heterocycles. The van der Waals surface area contributed by atoms with E-state index in [-0.39, 0.29) is 15.8 Å². The van der Waals surface area contributed by atoms with Crippen molar-refractivity contribution in [2.24, 2.45) is 0 Å². The van der Waals surface area contributed by atoms with E-state index < -0.39 is 24.0 Å². The number of aliphatic carboxylic acids is 1. The minimum Gasteiger partial charge on any atom is -0.502 e. The first-order valence-electron chi connectivity index (χ1n) is 3.93. The van der Waals surface area contributed by atoms with Crippen molar-refractivity contribution in [1.29, 1.82) is 0 Å². The smallest absolute Gasteiger partial charge is 0.307 e. The summed E-state index contributed by atoms with van der Waals surface area (Å²) in [5.74, 6) is -2.90. The van der Waals surface area contributed by atoms with E-state index in [0.717, 1.165) is 0 Å². The average Bonchev–Trinajstić information content (AvgIpc) is 2.18. The SMILES string of the molecule is COc1cc(Br)c(CC(=O)O)c(F)c1O. The van der Waals surface area contributed by atoms with Gasteiger partial charge >= 0.3 is 5.97 Å². The molecule has 0 radical (unpaired) electrons. The lowest BCUT2D eigenvalue weighted by Crippen LogP contribution is -2.04. The lowest BCUT2D eigenvalue weighted by atomic mass is 10.1. The van der Waals surface area contributed by atoms with E-state index in [1.807, 2.05) is 0 Å². The van der Waals surface area contributed by atoms with Crippen molar-refractivity contribution in [3.05, 3.63) is 21.9 Å². The van der Waals surface area contributed by atoms with Gasteiger partial charge in [0.2, 0.25) is 0 Å². The molecule has 2 N–H and O–H groups in total. The largest absolute Gasteiger partial charge is 0.502 e. The molecule has 0 unspecified atom stereocenters. The van der Waals surface area contributed by atoms with Gasteiger partial charge in [-0.2, -0.15) is 0 Å². The van der Waals surface area contributed by atoms with Crippen LogP contribution in [0.25, 0.3) is 0 Å². The maximum Gasteiger partial charge on any atom is 0.307 e. The zero-order chi connectivity index (χ0) is 11.6. The van der Waals surface area contributed by atoms with E-state index in [4.69, 9.17) is 9.84 Å². The van der Waals surface area contributed by atoms with Crippen LogP contribution < -0.4 is 4.74 Å². The fourth-order valence-electron chi connectivity index (χ4n) is 1.10. The summed E-state index contributed by atoms with van der Waals surface area (Å²) in [7, 11) is 1.28. The molecule has 1 aromatic carbocycles. The van der Waals surface area contributed by atoms with Gasteiger partial charge in [0.1, 0.15) is 0 Å². The van der Waals surface area contributed by atoms with Crippen LogP contribution in [0.5, 0.6) is 11.5 Å². The highest BCUT2D eigenvalue weighted by molar-refractivity contribution is 9.10. The summed E-state index contributed by atoms with van der Waals surface area (Å²) in [5, 5.41) is 17.8. The minimum absolute atomic E-state index is 0.0477. The summed E-state index contributed by atoms with van der Waals surface area (Å²) in [4.78, 5) is 10.4. The number of ether oxygens (including phenoxy) is 1. The van der Waals surface area contributed by atoms with Crippen LogP contribution in [-0.4, -0.2) is 23.3 Å². The molecular formula is C9H8BrFO4. The lowest BCUT2D eigenvalue weighted by Gasteiger charge is -2.09. The van der Waals surface area contributed by atoms with Gasteiger partial charge in [0.05, 0.1) is 13.5 Å². The predicted octanol–water partition coefficient (Wildman–Crippen LogP) is 1.93. The number of benzene rings is 1. The molecule has 15 heavy (non-hydrogen) atoms. The Morgan fingerprint density at radius 3 is 2.73 bits per heavy atom. The summed E-state index contributed by atoms with van der Waals surface area (Å²) >= 11 is 3.01. The van der Waals surface area contributed by atoms with Crippen molar-refractivity contribution in [3.63, 3.8) is 0 Å². The van der Waals surface area contributed by atoms with Crippen LogP contribution in [0.4, 0.5) is 4.39 Å². The molecule has 0 bridgehead atoms. The number of rotatable bonds is 3. The summed E-state index contributed by atoms with van der Waals surface area (Å²) < 4.78 is 18.4. The fraction of sp³-hybridized carbons (Fsp3) is 0.222. The predicted molar refractivity (Wildman–Crippen MR) is 53.7 cm³/mol. The fourth-order valence-corrected chi connectivity index (χ4v) is 1.62. The zero-order valence-electron chi connectivity index (χ0n) is 7.75. The van der Waals surface area contributed by atoms with Crippen LogP contribution in [0.1, 0.15) is 5.56 Å². The highest BCUT2D eigenvalue weighted by Gasteiger charge is 2.18. The Hall–Kier alpha value is -1.30. The van der Waals surface area contributed by atoms with E-state index in [1.54, 1.807) is 0 Å². The van der Waals surface area contributed by atoms with E-state index in [1.165, 1.54) is 13.2 Å². The first-order valence-corrected chi connectivity index (χ1v) is 4.72. The Kier molecular flexibility index (Phi) is 3.52. The normalized spacial score (nSPS) is 10.1. The van der Waals surface area contributed by atoms with Gasteiger partial charge in [-0.25, -0.2) is 4.39 Å². The zero-order valence-corrected chi connectivity index (χ0v) is 9.34. The molecule has 1 rings (SSSR count). The maximum absolute atomic E-state index is 13.4. The monoisotopic (exact) mass is 278 g/mol. The average molecular weight is 279 g/mol. The van der Waals surface area contributed by atoms with Gasteiger partial charge in [-0.05, 0) is 6.07 Å². The van der Waals surface area contributed by atoms with Crippen LogP contribution in [0.2, 0.25) is 0 Å². The third-order valence-corrected chi connectivity index (χ3v) is 2.51. The Labute approximate surface area is 93.4 Å². The number of aromatic hydroxyl groups is 1. The molecule has 0 amide bonds. The highest BCUT2D eigenvalue weighted by Crippen LogP contribution is 2.36. The summed E-state index contributed by atoms with van der Waals surface area (Å²) in [6.07, 6.45) is -0.510. The number of halogens is 2. The van der Waals surface area contributed by atoms with Crippen molar-refractivity contribution >= 4 is 21.9 Å². The summed E-state index contributed by atoms with van der Waals surface area (Å²) in [6, 6.07) is 1.32. The van der Waals surface area contributed by atoms with Crippen LogP contribution in [0.3, 0.4) is 0 Å². The summed E-state index contributed by atoms with van der Waals surface area (Å²) in [6.45, 7) is 0. The van der Waals surface area contributed by atoms with E-state index in [0.29, 0.717) is 0 Å². The van der Waals surface area contributed by atoms with Gasteiger partial charge in [0, 0.05) is 10.0 Å². The second-order valence-corrected chi connectivity index (χ2v) is 3.63. The van der Waals surface area contributed by atoms with Gasteiger partial charge in [-0.3, -0.25) is 4.79 Å². The number of carboxylic acid groups (broad SMARTS) is 1. The van der Waals surface area contributed by atoms with Gasteiger partial charge in [0.15, 0.2) is 17.3 Å². The Balaban J connectivity index is 3.29. The second-order valence-electron chi connectivity index (χ2n) is 2.77. The number of carboxylic acids is 1. The standard InChI is InChI=1S/C9H8BrFO4/c1-15-6-3-5(10)4(2-7(12)13)8(11)9(6)14/h3,14H,2H2,1H3,(H,12,13). The number of carbonyl (C=O) groups is 1. The molecule has 0 heterocycles. The van der Waals surface area contributed by atoms with Crippen LogP contribution in [-0.2, 0) is 11.2 Å². The molecule has 0 aliphatic heterocycles. The van der Waals surface area contributed by atoms with Gasteiger partial charge in [-0.15, -0.1) is 0 Å².